The maximum Gasteiger partial charge on any atom is 0.296 e. The van der Waals surface area contributed by atoms with Crippen molar-refractivity contribution in [2.24, 2.45) is 0 Å². The zero-order valence-corrected chi connectivity index (χ0v) is 14.2. The molecule has 4 heteroatoms. The van der Waals surface area contributed by atoms with Gasteiger partial charge in [0.1, 0.15) is 5.75 Å². The monoisotopic (exact) mass is 315 g/mol. The summed E-state index contributed by atoms with van der Waals surface area (Å²) in [6.07, 6.45) is 5.64. The third-order valence-corrected chi connectivity index (χ3v) is 4.17. The van der Waals surface area contributed by atoms with E-state index in [1.54, 1.807) is 0 Å². The molecule has 1 aromatic heterocycles. The van der Waals surface area contributed by atoms with E-state index in [0.717, 1.165) is 50.2 Å². The third kappa shape index (κ3) is 3.46. The topological polar surface area (TPSA) is 70.2 Å². The van der Waals surface area contributed by atoms with Crippen molar-refractivity contribution in [3.8, 4) is 5.75 Å². The lowest BCUT2D eigenvalue weighted by Crippen LogP contribution is -2.22. The fourth-order valence-corrected chi connectivity index (χ4v) is 3.21. The first-order valence-electron chi connectivity index (χ1n) is 8.47. The summed E-state index contributed by atoms with van der Waals surface area (Å²) in [4.78, 5) is 26.4. The van der Waals surface area contributed by atoms with Crippen LogP contribution in [0.25, 0.3) is 10.9 Å². The number of hydrogen-bond acceptors (Lipinski definition) is 3. The highest BCUT2D eigenvalue weighted by molar-refractivity contribution is 5.88. The number of benzene rings is 1. The van der Waals surface area contributed by atoms with Crippen molar-refractivity contribution in [3.63, 3.8) is 0 Å². The molecule has 0 aliphatic carbocycles. The van der Waals surface area contributed by atoms with Gasteiger partial charge >= 0.3 is 0 Å². The van der Waals surface area contributed by atoms with Gasteiger partial charge in [0.15, 0.2) is 0 Å². The zero-order chi connectivity index (χ0) is 17.0. The number of fused-ring (bicyclic) bond motifs is 1. The van der Waals surface area contributed by atoms with E-state index in [-0.39, 0.29) is 5.75 Å². The van der Waals surface area contributed by atoms with Gasteiger partial charge in [-0.25, -0.2) is 0 Å². The first-order valence-corrected chi connectivity index (χ1v) is 8.47. The summed E-state index contributed by atoms with van der Waals surface area (Å²) in [6.45, 7) is 6.35. The normalized spacial score (nSPS) is 11.1. The second-order valence-corrected chi connectivity index (χ2v) is 6.01. The zero-order valence-electron chi connectivity index (χ0n) is 14.2. The molecule has 23 heavy (non-hydrogen) atoms. The average molecular weight is 315 g/mol. The molecule has 2 rings (SSSR count). The molecule has 1 aromatic carbocycles. The highest BCUT2D eigenvalue weighted by Crippen LogP contribution is 2.31. The molecule has 0 aliphatic heterocycles. The Morgan fingerprint density at radius 3 is 2.13 bits per heavy atom. The SMILES string of the molecule is CCCc1cc2c(O)cc(=O)c(=O)[nH]c2c(CCC)c1CCC. The molecule has 0 radical (unpaired) electrons. The summed E-state index contributed by atoms with van der Waals surface area (Å²) < 4.78 is 0. The highest BCUT2D eigenvalue weighted by Gasteiger charge is 2.15. The van der Waals surface area contributed by atoms with Crippen LogP contribution in [0, 0.1) is 0 Å². The maximum atomic E-state index is 11.9. The molecule has 4 nitrogen and oxygen atoms in total. The number of aromatic nitrogens is 1. The third-order valence-electron chi connectivity index (χ3n) is 4.17. The van der Waals surface area contributed by atoms with Crippen LogP contribution in [-0.2, 0) is 19.3 Å². The van der Waals surface area contributed by atoms with Crippen molar-refractivity contribution in [1.29, 1.82) is 0 Å². The van der Waals surface area contributed by atoms with Gasteiger partial charge in [-0.2, -0.15) is 0 Å². The predicted molar refractivity (Wildman–Crippen MR) is 94.5 cm³/mol. The second-order valence-electron chi connectivity index (χ2n) is 6.01. The van der Waals surface area contributed by atoms with Gasteiger partial charge in [0, 0.05) is 11.5 Å². The Balaban J connectivity index is 2.99. The van der Waals surface area contributed by atoms with Gasteiger partial charge < -0.3 is 10.1 Å². The van der Waals surface area contributed by atoms with Crippen LogP contribution in [0.4, 0.5) is 0 Å². The van der Waals surface area contributed by atoms with E-state index in [1.165, 1.54) is 11.1 Å². The predicted octanol–water partition coefficient (Wildman–Crippen LogP) is 3.45. The van der Waals surface area contributed by atoms with Crippen molar-refractivity contribution >= 4 is 10.9 Å². The van der Waals surface area contributed by atoms with E-state index in [4.69, 9.17) is 0 Å². The highest BCUT2D eigenvalue weighted by atomic mass is 16.3. The number of aromatic amines is 1. The van der Waals surface area contributed by atoms with E-state index in [9.17, 15) is 14.7 Å². The summed E-state index contributed by atoms with van der Waals surface area (Å²) in [5, 5.41) is 10.8. The number of H-pyrrole nitrogens is 1. The first kappa shape index (κ1) is 17.3. The Kier molecular flexibility index (Phi) is 5.59. The molecule has 124 valence electrons. The van der Waals surface area contributed by atoms with Crippen LogP contribution in [0.5, 0.6) is 5.75 Å². The van der Waals surface area contributed by atoms with E-state index in [1.807, 2.05) is 6.07 Å². The molecule has 0 unspecified atom stereocenters. The van der Waals surface area contributed by atoms with Gasteiger partial charge in [0.25, 0.3) is 5.56 Å². The number of aryl methyl sites for hydroxylation is 2. The van der Waals surface area contributed by atoms with Crippen LogP contribution >= 0.6 is 0 Å². The summed E-state index contributed by atoms with van der Waals surface area (Å²) in [7, 11) is 0. The number of rotatable bonds is 6. The van der Waals surface area contributed by atoms with Crippen molar-refractivity contribution in [3.05, 3.63) is 49.4 Å². The van der Waals surface area contributed by atoms with Crippen molar-refractivity contribution in [2.45, 2.75) is 59.3 Å². The molecule has 0 atom stereocenters. The molecule has 0 saturated carbocycles. The largest absolute Gasteiger partial charge is 0.507 e. The number of aromatic hydroxyl groups is 1. The van der Waals surface area contributed by atoms with E-state index in [2.05, 4.69) is 25.8 Å². The Hall–Kier alpha value is -2.10. The van der Waals surface area contributed by atoms with Crippen LogP contribution < -0.4 is 11.0 Å². The number of nitrogens with one attached hydrogen (secondary N) is 1. The second kappa shape index (κ2) is 7.44. The van der Waals surface area contributed by atoms with E-state index in [0.29, 0.717) is 10.9 Å². The molecule has 0 fully saturated rings. The van der Waals surface area contributed by atoms with Crippen molar-refractivity contribution < 1.29 is 5.11 Å². The molecule has 0 saturated heterocycles. The molecular formula is C19H25NO3. The van der Waals surface area contributed by atoms with Crippen LogP contribution in [0.15, 0.2) is 21.7 Å². The van der Waals surface area contributed by atoms with Gasteiger partial charge in [-0.15, -0.1) is 0 Å². The lowest BCUT2D eigenvalue weighted by atomic mass is 9.90. The summed E-state index contributed by atoms with van der Waals surface area (Å²) >= 11 is 0. The van der Waals surface area contributed by atoms with Crippen LogP contribution in [0.3, 0.4) is 0 Å². The lowest BCUT2D eigenvalue weighted by molar-refractivity contribution is 0.481. The average Bonchev–Trinajstić information content (AvgIpc) is 2.61. The molecule has 1 heterocycles. The van der Waals surface area contributed by atoms with Crippen LogP contribution in [0.2, 0.25) is 0 Å². The van der Waals surface area contributed by atoms with Gasteiger partial charge in [0.2, 0.25) is 5.43 Å². The van der Waals surface area contributed by atoms with Crippen LogP contribution in [-0.4, -0.2) is 10.1 Å². The molecule has 2 aromatic rings. The fraction of sp³-hybridized carbons (Fsp3) is 0.474. The van der Waals surface area contributed by atoms with E-state index >= 15 is 0 Å². The Morgan fingerprint density at radius 1 is 0.913 bits per heavy atom. The Morgan fingerprint density at radius 2 is 1.52 bits per heavy atom. The van der Waals surface area contributed by atoms with Crippen molar-refractivity contribution in [1.82, 2.24) is 4.98 Å². The quantitative estimate of drug-likeness (QED) is 0.802. The summed E-state index contributed by atoms with van der Waals surface area (Å²) in [5.41, 5.74) is 2.75. The summed E-state index contributed by atoms with van der Waals surface area (Å²) in [6, 6.07) is 2.96. The first-order chi connectivity index (χ1) is 11.0. The number of hydrogen-bond donors (Lipinski definition) is 2. The van der Waals surface area contributed by atoms with E-state index < -0.39 is 11.0 Å². The molecular weight excluding hydrogens is 290 g/mol. The minimum Gasteiger partial charge on any atom is -0.507 e. The Bertz CT molecular complexity index is 821. The standard InChI is InChI=1S/C19H25NO3/c1-4-7-12-10-15-16(21)11-17(22)19(23)20-18(15)14(9-6-3)13(12)8-5-2/h10-11,21H,4-9H2,1-3H3,(H,20,22,23). The summed E-state index contributed by atoms with van der Waals surface area (Å²) in [5.74, 6) is -0.124. The molecule has 0 spiro atoms. The van der Waals surface area contributed by atoms with Crippen LogP contribution in [0.1, 0.15) is 56.7 Å². The fourth-order valence-electron chi connectivity index (χ4n) is 3.21. The molecule has 0 aliphatic rings. The maximum absolute atomic E-state index is 11.9. The van der Waals surface area contributed by atoms with Gasteiger partial charge in [-0.05, 0) is 42.0 Å². The molecule has 0 bridgehead atoms. The van der Waals surface area contributed by atoms with Gasteiger partial charge in [-0.3, -0.25) is 9.59 Å². The minimum absolute atomic E-state index is 0.124. The molecule has 0 amide bonds. The lowest BCUT2D eigenvalue weighted by Gasteiger charge is -2.16. The van der Waals surface area contributed by atoms with Gasteiger partial charge in [-0.1, -0.05) is 40.0 Å². The Labute approximate surface area is 136 Å². The van der Waals surface area contributed by atoms with Crippen molar-refractivity contribution in [2.75, 3.05) is 0 Å². The minimum atomic E-state index is -0.713. The molecule has 2 N–H and O–H groups in total. The van der Waals surface area contributed by atoms with Gasteiger partial charge in [0.05, 0.1) is 5.52 Å². The smallest absolute Gasteiger partial charge is 0.296 e.